The van der Waals surface area contributed by atoms with Gasteiger partial charge in [0.2, 0.25) is 15.9 Å². The van der Waals surface area contributed by atoms with Gasteiger partial charge in [-0.2, -0.15) is 4.31 Å². The van der Waals surface area contributed by atoms with E-state index < -0.39 is 15.9 Å². The van der Waals surface area contributed by atoms with Gasteiger partial charge in [0, 0.05) is 17.3 Å². The van der Waals surface area contributed by atoms with Crippen molar-refractivity contribution in [1.82, 2.24) is 4.31 Å². The number of aryl methyl sites for hydroxylation is 1. The normalized spacial score (nSPS) is 11.5. The highest BCUT2D eigenvalue weighted by atomic mass is 35.5. The zero-order valence-electron chi connectivity index (χ0n) is 17.1. The third-order valence-electron chi connectivity index (χ3n) is 4.91. The van der Waals surface area contributed by atoms with Crippen LogP contribution in [0.2, 0.25) is 10.0 Å². The van der Waals surface area contributed by atoms with E-state index in [0.29, 0.717) is 5.69 Å². The van der Waals surface area contributed by atoms with Crippen molar-refractivity contribution in [2.24, 2.45) is 0 Å². The third kappa shape index (κ3) is 5.66. The van der Waals surface area contributed by atoms with Gasteiger partial charge in [-0.1, -0.05) is 65.7 Å². The van der Waals surface area contributed by atoms with Crippen LogP contribution in [0.1, 0.15) is 16.7 Å². The topological polar surface area (TPSA) is 66.5 Å². The molecule has 31 heavy (non-hydrogen) atoms. The van der Waals surface area contributed by atoms with Gasteiger partial charge in [0.15, 0.2) is 0 Å². The average Bonchev–Trinajstić information content (AvgIpc) is 2.73. The summed E-state index contributed by atoms with van der Waals surface area (Å²) in [6.45, 7) is 3.47. The first-order valence-electron chi connectivity index (χ1n) is 9.53. The summed E-state index contributed by atoms with van der Waals surface area (Å²) < 4.78 is 27.9. The monoisotopic (exact) mass is 476 g/mol. The second-order valence-electron chi connectivity index (χ2n) is 7.13. The van der Waals surface area contributed by atoms with Gasteiger partial charge >= 0.3 is 0 Å². The van der Waals surface area contributed by atoms with Crippen molar-refractivity contribution in [1.29, 1.82) is 0 Å². The largest absolute Gasteiger partial charge is 0.325 e. The van der Waals surface area contributed by atoms with Gasteiger partial charge in [0.1, 0.15) is 4.90 Å². The summed E-state index contributed by atoms with van der Waals surface area (Å²) in [5.41, 5.74) is 3.33. The molecule has 0 radical (unpaired) electrons. The summed E-state index contributed by atoms with van der Waals surface area (Å²) in [7, 11) is -4.10. The van der Waals surface area contributed by atoms with E-state index in [9.17, 15) is 13.2 Å². The number of carbonyl (C=O) groups excluding carboxylic acids is 1. The molecule has 5 nitrogen and oxygen atoms in total. The van der Waals surface area contributed by atoms with Gasteiger partial charge < -0.3 is 5.32 Å². The van der Waals surface area contributed by atoms with Crippen molar-refractivity contribution in [2.45, 2.75) is 25.3 Å². The number of sulfonamides is 1. The molecule has 3 rings (SSSR count). The van der Waals surface area contributed by atoms with E-state index in [1.807, 2.05) is 44.2 Å². The summed E-state index contributed by atoms with van der Waals surface area (Å²) in [5.74, 6) is -0.452. The minimum absolute atomic E-state index is 0.00619. The predicted molar refractivity (Wildman–Crippen MR) is 125 cm³/mol. The Kier molecular flexibility index (Phi) is 7.38. The van der Waals surface area contributed by atoms with E-state index >= 15 is 0 Å². The standard InChI is InChI=1S/C23H22Cl2N2O3S/c1-16-7-6-10-21(17(16)2)26-23(28)15-27(14-18-8-4-3-5-9-18)31(29,30)22-13-19(24)11-12-20(22)25/h3-13H,14-15H2,1-2H3,(H,26,28). The zero-order valence-corrected chi connectivity index (χ0v) is 19.4. The summed E-state index contributed by atoms with van der Waals surface area (Å²) in [6.07, 6.45) is 0. The Hall–Kier alpha value is -2.38. The van der Waals surface area contributed by atoms with Crippen molar-refractivity contribution in [3.63, 3.8) is 0 Å². The molecule has 0 spiro atoms. The maximum absolute atomic E-state index is 13.4. The molecule has 0 atom stereocenters. The van der Waals surface area contributed by atoms with Crippen LogP contribution in [-0.2, 0) is 21.4 Å². The van der Waals surface area contributed by atoms with Gasteiger partial charge in [-0.3, -0.25) is 4.79 Å². The lowest BCUT2D eigenvalue weighted by atomic mass is 10.1. The molecule has 0 fully saturated rings. The summed E-state index contributed by atoms with van der Waals surface area (Å²) in [6, 6.07) is 18.8. The molecular formula is C23H22Cl2N2O3S. The molecular weight excluding hydrogens is 455 g/mol. The molecule has 0 saturated heterocycles. The fourth-order valence-electron chi connectivity index (χ4n) is 3.06. The zero-order chi connectivity index (χ0) is 22.6. The number of carbonyl (C=O) groups is 1. The highest BCUT2D eigenvalue weighted by Gasteiger charge is 2.29. The smallest absolute Gasteiger partial charge is 0.245 e. The first-order chi connectivity index (χ1) is 14.7. The van der Waals surface area contributed by atoms with Gasteiger partial charge in [-0.25, -0.2) is 8.42 Å². The fraction of sp³-hybridized carbons (Fsp3) is 0.174. The number of nitrogens with zero attached hydrogens (tertiary/aromatic N) is 1. The molecule has 0 aliphatic heterocycles. The van der Waals surface area contributed by atoms with Crippen LogP contribution < -0.4 is 5.32 Å². The first-order valence-corrected chi connectivity index (χ1v) is 11.7. The average molecular weight is 477 g/mol. The van der Waals surface area contributed by atoms with E-state index in [4.69, 9.17) is 23.2 Å². The van der Waals surface area contributed by atoms with Crippen molar-refractivity contribution in [3.05, 3.63) is 93.5 Å². The van der Waals surface area contributed by atoms with Crippen LogP contribution in [-0.4, -0.2) is 25.2 Å². The molecule has 3 aromatic carbocycles. The first kappa shape index (κ1) is 23.3. The Labute approximate surface area is 192 Å². The number of rotatable bonds is 7. The van der Waals surface area contributed by atoms with E-state index in [1.165, 1.54) is 18.2 Å². The summed E-state index contributed by atoms with van der Waals surface area (Å²) >= 11 is 12.2. The molecule has 1 amide bonds. The molecule has 3 aromatic rings. The molecule has 0 saturated carbocycles. The van der Waals surface area contributed by atoms with Gasteiger partial charge in [0.25, 0.3) is 0 Å². The number of nitrogens with one attached hydrogen (secondary N) is 1. The van der Waals surface area contributed by atoms with E-state index in [1.54, 1.807) is 18.2 Å². The van der Waals surface area contributed by atoms with E-state index in [-0.39, 0.29) is 28.0 Å². The molecule has 0 bridgehead atoms. The Morgan fingerprint density at radius 3 is 2.39 bits per heavy atom. The SMILES string of the molecule is Cc1cccc(NC(=O)CN(Cc2ccccc2)S(=O)(=O)c2cc(Cl)ccc2Cl)c1C. The second-order valence-corrected chi connectivity index (χ2v) is 9.88. The lowest BCUT2D eigenvalue weighted by molar-refractivity contribution is -0.116. The molecule has 0 heterocycles. The second kappa shape index (κ2) is 9.83. The number of hydrogen-bond acceptors (Lipinski definition) is 3. The Bertz CT molecular complexity index is 1200. The highest BCUT2D eigenvalue weighted by molar-refractivity contribution is 7.89. The summed E-state index contributed by atoms with van der Waals surface area (Å²) in [4.78, 5) is 12.7. The lowest BCUT2D eigenvalue weighted by Gasteiger charge is -2.23. The minimum atomic E-state index is -4.10. The molecule has 0 aromatic heterocycles. The number of anilines is 1. The number of hydrogen-bond donors (Lipinski definition) is 1. The van der Waals surface area contributed by atoms with E-state index in [0.717, 1.165) is 21.0 Å². The van der Waals surface area contributed by atoms with Gasteiger partial charge in [-0.05, 0) is 54.8 Å². The van der Waals surface area contributed by atoms with Crippen LogP contribution in [0, 0.1) is 13.8 Å². The van der Waals surface area contributed by atoms with Crippen molar-refractivity contribution >= 4 is 44.8 Å². The lowest BCUT2D eigenvalue weighted by Crippen LogP contribution is -2.37. The van der Waals surface area contributed by atoms with Crippen molar-refractivity contribution in [2.75, 3.05) is 11.9 Å². The van der Waals surface area contributed by atoms with Crippen LogP contribution in [0.25, 0.3) is 0 Å². The van der Waals surface area contributed by atoms with E-state index in [2.05, 4.69) is 5.32 Å². The quantitative estimate of drug-likeness (QED) is 0.493. The number of benzene rings is 3. The molecule has 0 unspecified atom stereocenters. The van der Waals surface area contributed by atoms with Crippen molar-refractivity contribution in [3.8, 4) is 0 Å². The predicted octanol–water partition coefficient (Wildman–Crippen LogP) is 5.44. The number of amides is 1. The maximum Gasteiger partial charge on any atom is 0.245 e. The van der Waals surface area contributed by atoms with Crippen LogP contribution in [0.4, 0.5) is 5.69 Å². The number of halogens is 2. The van der Waals surface area contributed by atoms with Gasteiger partial charge in [-0.15, -0.1) is 0 Å². The molecule has 0 aliphatic rings. The fourth-order valence-corrected chi connectivity index (χ4v) is 5.18. The molecule has 162 valence electrons. The molecule has 0 aliphatic carbocycles. The van der Waals surface area contributed by atoms with Gasteiger partial charge in [0.05, 0.1) is 11.6 Å². The van der Waals surface area contributed by atoms with Crippen LogP contribution >= 0.6 is 23.2 Å². The Balaban J connectivity index is 1.93. The minimum Gasteiger partial charge on any atom is -0.325 e. The molecule has 8 heteroatoms. The van der Waals surface area contributed by atoms with Crippen LogP contribution in [0.5, 0.6) is 0 Å². The maximum atomic E-state index is 13.4. The highest BCUT2D eigenvalue weighted by Crippen LogP contribution is 2.29. The molecule has 1 N–H and O–H groups in total. The third-order valence-corrected chi connectivity index (χ3v) is 7.42. The summed E-state index contributed by atoms with van der Waals surface area (Å²) in [5, 5.41) is 3.09. The van der Waals surface area contributed by atoms with Crippen molar-refractivity contribution < 1.29 is 13.2 Å². The van der Waals surface area contributed by atoms with Crippen LogP contribution in [0.15, 0.2) is 71.6 Å². The Morgan fingerprint density at radius 1 is 0.968 bits per heavy atom. The Morgan fingerprint density at radius 2 is 1.68 bits per heavy atom. The van der Waals surface area contributed by atoms with Crippen LogP contribution in [0.3, 0.4) is 0 Å².